The van der Waals surface area contributed by atoms with Crippen molar-refractivity contribution in [1.29, 1.82) is 0 Å². The van der Waals surface area contributed by atoms with Gasteiger partial charge in [0.2, 0.25) is 5.91 Å². The van der Waals surface area contributed by atoms with E-state index in [1.54, 1.807) is 0 Å². The van der Waals surface area contributed by atoms with Crippen LogP contribution in [0.2, 0.25) is 0 Å². The van der Waals surface area contributed by atoms with Crippen LogP contribution >= 0.6 is 0 Å². The van der Waals surface area contributed by atoms with Crippen molar-refractivity contribution in [2.75, 3.05) is 11.9 Å². The van der Waals surface area contributed by atoms with Gasteiger partial charge in [0.25, 0.3) is 5.91 Å². The first kappa shape index (κ1) is 17.0. The van der Waals surface area contributed by atoms with Crippen LogP contribution in [0.25, 0.3) is 0 Å². The van der Waals surface area contributed by atoms with Crippen molar-refractivity contribution in [1.82, 2.24) is 10.2 Å². The summed E-state index contributed by atoms with van der Waals surface area (Å²) < 4.78 is 0. The third-order valence-electron chi connectivity index (χ3n) is 3.93. The number of benzene rings is 1. The molecule has 124 valence electrons. The Kier molecular flexibility index (Phi) is 5.03. The lowest BCUT2D eigenvalue weighted by Gasteiger charge is -2.16. The fourth-order valence-corrected chi connectivity index (χ4v) is 2.91. The van der Waals surface area contributed by atoms with Crippen LogP contribution in [0, 0.1) is 20.8 Å². The van der Waals surface area contributed by atoms with Gasteiger partial charge in [-0.1, -0.05) is 31.0 Å². The van der Waals surface area contributed by atoms with E-state index in [4.69, 9.17) is 0 Å². The SMILES string of the molecule is CCCC1NC(=O)N(CC(=O)Nc2c(C)cc(C)cc2C)C1=O. The van der Waals surface area contributed by atoms with E-state index in [1.807, 2.05) is 39.8 Å². The summed E-state index contributed by atoms with van der Waals surface area (Å²) in [7, 11) is 0. The van der Waals surface area contributed by atoms with Gasteiger partial charge in [-0.2, -0.15) is 0 Å². The number of hydrogen-bond acceptors (Lipinski definition) is 3. The zero-order valence-electron chi connectivity index (χ0n) is 14.0. The van der Waals surface area contributed by atoms with Crippen LogP contribution in [-0.2, 0) is 9.59 Å². The number of amides is 4. The standard InChI is InChI=1S/C17H23N3O3/c1-5-6-13-16(22)20(17(23)18-13)9-14(21)19-15-11(3)7-10(2)8-12(15)4/h7-8,13H,5-6,9H2,1-4H3,(H,18,23)(H,19,21). The molecule has 0 bridgehead atoms. The second kappa shape index (κ2) is 6.81. The predicted octanol–water partition coefficient (Wildman–Crippen LogP) is 2.27. The minimum Gasteiger partial charge on any atom is -0.326 e. The molecule has 2 N–H and O–H groups in total. The summed E-state index contributed by atoms with van der Waals surface area (Å²) in [5.41, 5.74) is 3.76. The van der Waals surface area contributed by atoms with Crippen LogP contribution in [0.1, 0.15) is 36.5 Å². The average Bonchev–Trinajstić information content (AvgIpc) is 2.71. The van der Waals surface area contributed by atoms with Crippen LogP contribution in [-0.4, -0.2) is 35.3 Å². The Bertz CT molecular complexity index is 631. The van der Waals surface area contributed by atoms with E-state index in [0.717, 1.165) is 33.7 Å². The molecule has 0 spiro atoms. The van der Waals surface area contributed by atoms with Gasteiger partial charge in [-0.3, -0.25) is 14.5 Å². The van der Waals surface area contributed by atoms with E-state index in [2.05, 4.69) is 10.6 Å². The first-order valence-electron chi connectivity index (χ1n) is 7.83. The highest BCUT2D eigenvalue weighted by Crippen LogP contribution is 2.22. The highest BCUT2D eigenvalue weighted by atomic mass is 16.2. The van der Waals surface area contributed by atoms with E-state index in [0.29, 0.717) is 6.42 Å². The molecular weight excluding hydrogens is 294 g/mol. The number of nitrogens with one attached hydrogen (secondary N) is 2. The first-order chi connectivity index (χ1) is 10.8. The van der Waals surface area contributed by atoms with Gasteiger partial charge in [0, 0.05) is 5.69 Å². The molecular formula is C17H23N3O3. The largest absolute Gasteiger partial charge is 0.326 e. The summed E-state index contributed by atoms with van der Waals surface area (Å²) in [5, 5.41) is 5.42. The van der Waals surface area contributed by atoms with Gasteiger partial charge < -0.3 is 10.6 Å². The highest BCUT2D eigenvalue weighted by Gasteiger charge is 2.38. The highest BCUT2D eigenvalue weighted by molar-refractivity contribution is 6.08. The van der Waals surface area contributed by atoms with Crippen molar-refractivity contribution >= 4 is 23.5 Å². The van der Waals surface area contributed by atoms with Crippen LogP contribution in [0.15, 0.2) is 12.1 Å². The third kappa shape index (κ3) is 3.70. The lowest BCUT2D eigenvalue weighted by Crippen LogP contribution is -2.38. The van der Waals surface area contributed by atoms with Crippen molar-refractivity contribution in [3.8, 4) is 0 Å². The molecule has 0 saturated carbocycles. The van der Waals surface area contributed by atoms with E-state index < -0.39 is 12.1 Å². The number of aryl methyl sites for hydroxylation is 3. The second-order valence-electron chi connectivity index (χ2n) is 6.04. The van der Waals surface area contributed by atoms with Crippen molar-refractivity contribution in [3.63, 3.8) is 0 Å². The molecule has 0 radical (unpaired) electrons. The topological polar surface area (TPSA) is 78.5 Å². The molecule has 0 aromatic heterocycles. The maximum Gasteiger partial charge on any atom is 0.325 e. The summed E-state index contributed by atoms with van der Waals surface area (Å²) in [6, 6.07) is 2.95. The number of rotatable bonds is 5. The fraction of sp³-hybridized carbons (Fsp3) is 0.471. The number of imide groups is 1. The van der Waals surface area contributed by atoms with E-state index in [-0.39, 0.29) is 18.4 Å². The molecule has 2 rings (SSSR count). The quantitative estimate of drug-likeness (QED) is 0.818. The van der Waals surface area contributed by atoms with Gasteiger partial charge in [-0.05, 0) is 38.3 Å². The van der Waals surface area contributed by atoms with Crippen molar-refractivity contribution in [2.24, 2.45) is 0 Å². The summed E-state index contributed by atoms with van der Waals surface area (Å²) in [6.07, 6.45) is 1.37. The van der Waals surface area contributed by atoms with E-state index >= 15 is 0 Å². The minimum atomic E-state index is -0.511. The minimum absolute atomic E-state index is 0.266. The zero-order valence-corrected chi connectivity index (χ0v) is 14.0. The van der Waals surface area contributed by atoms with Crippen LogP contribution in [0.3, 0.4) is 0 Å². The monoisotopic (exact) mass is 317 g/mol. The maximum atomic E-state index is 12.2. The van der Waals surface area contributed by atoms with Gasteiger partial charge >= 0.3 is 6.03 Å². The molecule has 1 saturated heterocycles. The maximum absolute atomic E-state index is 12.2. The Morgan fingerprint density at radius 3 is 2.39 bits per heavy atom. The lowest BCUT2D eigenvalue weighted by molar-refractivity contribution is -0.130. The van der Waals surface area contributed by atoms with Gasteiger partial charge in [-0.15, -0.1) is 0 Å². The molecule has 1 aliphatic heterocycles. The van der Waals surface area contributed by atoms with Gasteiger partial charge in [0.05, 0.1) is 0 Å². The number of carbonyl (C=O) groups excluding carboxylic acids is 3. The summed E-state index contributed by atoms with van der Waals surface area (Å²) in [6.45, 7) is 7.50. The Morgan fingerprint density at radius 1 is 1.22 bits per heavy atom. The van der Waals surface area contributed by atoms with Crippen molar-refractivity contribution in [2.45, 2.75) is 46.6 Å². The van der Waals surface area contributed by atoms with Crippen LogP contribution in [0.5, 0.6) is 0 Å². The number of urea groups is 1. The summed E-state index contributed by atoms with van der Waals surface area (Å²) in [5.74, 6) is -0.704. The molecule has 1 heterocycles. The second-order valence-corrected chi connectivity index (χ2v) is 6.04. The Morgan fingerprint density at radius 2 is 1.83 bits per heavy atom. The zero-order chi connectivity index (χ0) is 17.1. The molecule has 6 nitrogen and oxygen atoms in total. The molecule has 0 aliphatic carbocycles. The third-order valence-corrected chi connectivity index (χ3v) is 3.93. The molecule has 1 atom stereocenters. The number of anilines is 1. The molecule has 1 unspecified atom stereocenters. The number of carbonyl (C=O) groups is 3. The molecule has 4 amide bonds. The van der Waals surface area contributed by atoms with Gasteiger partial charge in [0.15, 0.2) is 0 Å². The molecule has 1 fully saturated rings. The summed E-state index contributed by atoms with van der Waals surface area (Å²) in [4.78, 5) is 37.2. The van der Waals surface area contributed by atoms with Crippen molar-refractivity contribution in [3.05, 3.63) is 28.8 Å². The van der Waals surface area contributed by atoms with Crippen LogP contribution < -0.4 is 10.6 Å². The van der Waals surface area contributed by atoms with E-state index in [9.17, 15) is 14.4 Å². The number of hydrogen-bond donors (Lipinski definition) is 2. The Hall–Kier alpha value is -2.37. The first-order valence-corrected chi connectivity index (χ1v) is 7.83. The normalized spacial score (nSPS) is 17.4. The molecule has 23 heavy (non-hydrogen) atoms. The van der Waals surface area contributed by atoms with Gasteiger partial charge in [0.1, 0.15) is 12.6 Å². The predicted molar refractivity (Wildman–Crippen MR) is 88.2 cm³/mol. The Balaban J connectivity index is 2.06. The molecule has 6 heteroatoms. The Labute approximate surface area is 136 Å². The average molecular weight is 317 g/mol. The lowest BCUT2D eigenvalue weighted by atomic mass is 10.1. The molecule has 1 aromatic carbocycles. The molecule has 1 aromatic rings. The van der Waals surface area contributed by atoms with Gasteiger partial charge in [-0.25, -0.2) is 4.79 Å². The smallest absolute Gasteiger partial charge is 0.325 e. The van der Waals surface area contributed by atoms with Crippen molar-refractivity contribution < 1.29 is 14.4 Å². The van der Waals surface area contributed by atoms with Crippen LogP contribution in [0.4, 0.5) is 10.5 Å². The van der Waals surface area contributed by atoms with E-state index in [1.165, 1.54) is 0 Å². The molecule has 1 aliphatic rings. The summed E-state index contributed by atoms with van der Waals surface area (Å²) >= 11 is 0. The fourth-order valence-electron chi connectivity index (χ4n) is 2.91. The number of nitrogens with zero attached hydrogens (tertiary/aromatic N) is 1.